The Hall–Kier alpha value is -2.98. The van der Waals surface area contributed by atoms with Crippen LogP contribution in [0.25, 0.3) is 5.00 Å². The molecule has 0 unspecified atom stereocenters. The Morgan fingerprint density at radius 2 is 1.97 bits per heavy atom. The van der Waals surface area contributed by atoms with Gasteiger partial charge in [-0.2, -0.15) is 0 Å². The molecule has 0 aliphatic heterocycles. The number of nitrogens with one attached hydrogen (secondary N) is 1. The number of rotatable bonds is 6. The molecule has 0 fully saturated rings. The van der Waals surface area contributed by atoms with Crippen molar-refractivity contribution in [2.75, 3.05) is 11.9 Å². The van der Waals surface area contributed by atoms with E-state index < -0.39 is 23.4 Å². The van der Waals surface area contributed by atoms with Gasteiger partial charge < -0.3 is 14.6 Å². The molecule has 0 saturated carbocycles. The highest BCUT2D eigenvalue weighted by Gasteiger charge is 2.22. The third-order valence-corrected chi connectivity index (χ3v) is 6.06. The van der Waals surface area contributed by atoms with E-state index in [-0.39, 0.29) is 5.69 Å². The summed E-state index contributed by atoms with van der Waals surface area (Å²) in [5.74, 6) is -1.14. The number of amides is 1. The predicted molar refractivity (Wildman–Crippen MR) is 113 cm³/mol. The molecule has 29 heavy (non-hydrogen) atoms. The number of carbonyl (C=O) groups is 2. The van der Waals surface area contributed by atoms with Crippen LogP contribution in [0.15, 0.2) is 47.2 Å². The average Bonchev–Trinajstić information content (AvgIpc) is 3.30. The Bertz CT molecular complexity index is 1090. The van der Waals surface area contributed by atoms with Crippen LogP contribution in [0.5, 0.6) is 0 Å². The topological polar surface area (TPSA) is 103 Å². The van der Waals surface area contributed by atoms with E-state index in [1.165, 1.54) is 29.5 Å². The number of nitro benzene ring substituents is 1. The van der Waals surface area contributed by atoms with Crippen molar-refractivity contribution in [1.82, 2.24) is 4.57 Å². The summed E-state index contributed by atoms with van der Waals surface area (Å²) in [5.41, 5.74) is 1.46. The van der Waals surface area contributed by atoms with Crippen molar-refractivity contribution in [1.29, 1.82) is 0 Å². The van der Waals surface area contributed by atoms with E-state index in [0.29, 0.717) is 15.7 Å². The van der Waals surface area contributed by atoms with Gasteiger partial charge in [0.05, 0.1) is 16.2 Å². The number of nitro groups is 1. The summed E-state index contributed by atoms with van der Waals surface area (Å²) >= 11 is 4.65. The van der Waals surface area contributed by atoms with Gasteiger partial charge in [-0.3, -0.25) is 14.9 Å². The summed E-state index contributed by atoms with van der Waals surface area (Å²) in [6.45, 7) is 3.27. The Morgan fingerprint density at radius 3 is 2.59 bits per heavy atom. The molecule has 0 aliphatic carbocycles. The molecule has 1 N–H and O–H groups in total. The van der Waals surface area contributed by atoms with Gasteiger partial charge in [0.25, 0.3) is 11.6 Å². The number of esters is 1. The second-order valence-corrected chi connectivity index (χ2v) is 8.16. The number of benzene rings is 1. The van der Waals surface area contributed by atoms with Gasteiger partial charge in [0.2, 0.25) is 0 Å². The molecule has 0 aliphatic rings. The lowest BCUT2D eigenvalue weighted by Gasteiger charge is -2.09. The number of non-ortho nitro benzene ring substituents is 1. The maximum Gasteiger partial charge on any atom is 0.341 e. The van der Waals surface area contributed by atoms with Crippen molar-refractivity contribution in [3.8, 4) is 5.00 Å². The fraction of sp³-hybridized carbons (Fsp3) is 0.158. The highest BCUT2D eigenvalue weighted by molar-refractivity contribution is 9.10. The molecule has 1 amide bonds. The van der Waals surface area contributed by atoms with Gasteiger partial charge >= 0.3 is 5.97 Å². The molecular formula is C19H16BrN3O5S. The van der Waals surface area contributed by atoms with Crippen molar-refractivity contribution >= 4 is 50.5 Å². The van der Waals surface area contributed by atoms with Crippen molar-refractivity contribution in [3.63, 3.8) is 0 Å². The molecule has 3 rings (SSSR count). The van der Waals surface area contributed by atoms with Crippen LogP contribution in [0, 0.1) is 24.0 Å². The smallest absolute Gasteiger partial charge is 0.341 e. The maximum absolute atomic E-state index is 12.6. The molecule has 0 atom stereocenters. The summed E-state index contributed by atoms with van der Waals surface area (Å²) < 4.78 is 7.40. The standard InChI is InChI=1S/C19H16BrN3O5S/c1-11-12(2)29-18(22-7-3-4-8-22)17(11)19(25)28-10-16(24)21-15-6-5-13(23(26)27)9-14(15)20/h3-9H,10H2,1-2H3,(H,21,24). The minimum Gasteiger partial charge on any atom is -0.452 e. The van der Waals surface area contributed by atoms with Crippen LogP contribution in [-0.2, 0) is 9.53 Å². The summed E-state index contributed by atoms with van der Waals surface area (Å²) in [5, 5.41) is 14.1. The molecule has 0 radical (unpaired) electrons. The second-order valence-electron chi connectivity index (χ2n) is 6.10. The second kappa shape index (κ2) is 8.58. The first-order valence-electron chi connectivity index (χ1n) is 8.42. The molecule has 1 aromatic carbocycles. The van der Waals surface area contributed by atoms with Gasteiger partial charge in [-0.15, -0.1) is 11.3 Å². The summed E-state index contributed by atoms with van der Waals surface area (Å²) in [6, 6.07) is 7.66. The van der Waals surface area contributed by atoms with Crippen LogP contribution in [0.2, 0.25) is 0 Å². The van der Waals surface area contributed by atoms with Crippen molar-refractivity contribution < 1.29 is 19.2 Å². The number of hydrogen-bond acceptors (Lipinski definition) is 6. The van der Waals surface area contributed by atoms with E-state index in [1.807, 2.05) is 42.9 Å². The highest BCUT2D eigenvalue weighted by atomic mass is 79.9. The van der Waals surface area contributed by atoms with Gasteiger partial charge in [0.1, 0.15) is 5.00 Å². The lowest BCUT2D eigenvalue weighted by molar-refractivity contribution is -0.384. The van der Waals surface area contributed by atoms with Gasteiger partial charge in [0.15, 0.2) is 6.61 Å². The maximum atomic E-state index is 12.6. The number of nitrogens with zero attached hydrogens (tertiary/aromatic N) is 2. The average molecular weight is 478 g/mol. The number of thiophene rings is 1. The number of carbonyl (C=O) groups excluding carboxylic acids is 2. The molecule has 8 nitrogen and oxygen atoms in total. The molecule has 10 heteroatoms. The molecular weight excluding hydrogens is 462 g/mol. The Morgan fingerprint density at radius 1 is 1.28 bits per heavy atom. The summed E-state index contributed by atoms with van der Waals surface area (Å²) in [6.07, 6.45) is 3.67. The fourth-order valence-electron chi connectivity index (χ4n) is 2.61. The summed E-state index contributed by atoms with van der Waals surface area (Å²) in [7, 11) is 0. The lowest BCUT2D eigenvalue weighted by Crippen LogP contribution is -2.21. The Labute approximate surface area is 178 Å². The Balaban J connectivity index is 1.69. The van der Waals surface area contributed by atoms with Crippen LogP contribution in [0.4, 0.5) is 11.4 Å². The lowest BCUT2D eigenvalue weighted by atomic mass is 10.1. The van der Waals surface area contributed by atoms with Crippen LogP contribution >= 0.6 is 27.3 Å². The monoisotopic (exact) mass is 477 g/mol. The third-order valence-electron chi connectivity index (χ3n) is 4.18. The normalized spacial score (nSPS) is 10.6. The molecule has 0 bridgehead atoms. The molecule has 2 heterocycles. The van der Waals surface area contributed by atoms with Gasteiger partial charge in [-0.1, -0.05) is 0 Å². The number of ether oxygens (including phenoxy) is 1. The van der Waals surface area contributed by atoms with Gasteiger partial charge in [-0.25, -0.2) is 4.79 Å². The van der Waals surface area contributed by atoms with Crippen molar-refractivity contribution in [2.45, 2.75) is 13.8 Å². The zero-order chi connectivity index (χ0) is 21.1. The Kier molecular flexibility index (Phi) is 6.14. The van der Waals surface area contributed by atoms with Crippen molar-refractivity contribution in [3.05, 3.63) is 73.3 Å². The van der Waals surface area contributed by atoms with Gasteiger partial charge in [-0.05, 0) is 53.5 Å². The minimum absolute atomic E-state index is 0.109. The van der Waals surface area contributed by atoms with E-state index in [1.54, 1.807) is 0 Å². The zero-order valence-electron chi connectivity index (χ0n) is 15.5. The largest absolute Gasteiger partial charge is 0.452 e. The molecule has 150 valence electrons. The van der Waals surface area contributed by atoms with E-state index >= 15 is 0 Å². The van der Waals surface area contributed by atoms with E-state index in [0.717, 1.165) is 15.4 Å². The molecule has 2 aromatic heterocycles. The number of aromatic nitrogens is 1. The zero-order valence-corrected chi connectivity index (χ0v) is 17.9. The van der Waals surface area contributed by atoms with Crippen LogP contribution in [0.3, 0.4) is 0 Å². The van der Waals surface area contributed by atoms with Crippen LogP contribution < -0.4 is 5.32 Å². The van der Waals surface area contributed by atoms with Crippen LogP contribution in [0.1, 0.15) is 20.8 Å². The van der Waals surface area contributed by atoms with E-state index in [2.05, 4.69) is 21.2 Å². The molecule has 0 spiro atoms. The van der Waals surface area contributed by atoms with E-state index in [9.17, 15) is 19.7 Å². The number of hydrogen-bond donors (Lipinski definition) is 1. The quantitative estimate of drug-likeness (QED) is 0.316. The van der Waals surface area contributed by atoms with Crippen molar-refractivity contribution in [2.24, 2.45) is 0 Å². The number of halogens is 1. The highest BCUT2D eigenvalue weighted by Crippen LogP contribution is 2.31. The molecule has 3 aromatic rings. The SMILES string of the molecule is Cc1sc(-n2cccc2)c(C(=O)OCC(=O)Nc2ccc([N+](=O)[O-])cc2Br)c1C. The number of aryl methyl sites for hydroxylation is 1. The minimum atomic E-state index is -0.589. The van der Waals surface area contributed by atoms with E-state index in [4.69, 9.17) is 4.74 Å². The first-order valence-corrected chi connectivity index (χ1v) is 10.0. The third kappa shape index (κ3) is 4.54. The van der Waals surface area contributed by atoms with Crippen LogP contribution in [-0.4, -0.2) is 28.0 Å². The first-order chi connectivity index (χ1) is 13.8. The number of anilines is 1. The fourth-order valence-corrected chi connectivity index (χ4v) is 4.19. The molecule has 0 saturated heterocycles. The predicted octanol–water partition coefficient (Wildman–Crippen LogP) is 4.62. The first kappa shape index (κ1) is 20.7. The van der Waals surface area contributed by atoms with Gasteiger partial charge in [0, 0.05) is 33.9 Å². The summed E-state index contributed by atoms with van der Waals surface area (Å²) in [4.78, 5) is 36.1.